The summed E-state index contributed by atoms with van der Waals surface area (Å²) in [6.45, 7) is 0. The van der Waals surface area contributed by atoms with Crippen LogP contribution in [0.3, 0.4) is 0 Å². The van der Waals surface area contributed by atoms with Crippen LogP contribution in [-0.4, -0.2) is 10.1 Å². The Labute approximate surface area is 109 Å². The molecule has 3 N–H and O–H groups in total. The van der Waals surface area contributed by atoms with Crippen molar-refractivity contribution in [1.82, 2.24) is 4.98 Å². The van der Waals surface area contributed by atoms with E-state index in [0.717, 1.165) is 5.56 Å². The summed E-state index contributed by atoms with van der Waals surface area (Å²) in [4.78, 5) is 3.85. The molecule has 0 aliphatic carbocycles. The van der Waals surface area contributed by atoms with Gasteiger partial charge in [-0.05, 0) is 29.3 Å². The monoisotopic (exact) mass is 264 g/mol. The Hall–Kier alpha value is -2.01. The Kier molecular flexibility index (Phi) is 4.06. The summed E-state index contributed by atoms with van der Waals surface area (Å²) in [6.07, 6.45) is -1.53. The summed E-state index contributed by atoms with van der Waals surface area (Å²) in [5.41, 5.74) is 6.73. The van der Waals surface area contributed by atoms with Gasteiger partial charge < -0.3 is 10.8 Å². The minimum absolute atomic E-state index is 0.0919. The molecule has 1 unspecified atom stereocenters. The van der Waals surface area contributed by atoms with Crippen LogP contribution in [0.1, 0.15) is 29.2 Å². The zero-order chi connectivity index (χ0) is 13.8. The zero-order valence-corrected chi connectivity index (χ0v) is 10.1. The number of pyridine rings is 1. The number of alkyl halides is 2. The second-order valence-electron chi connectivity index (χ2n) is 4.28. The number of aliphatic hydroxyl groups is 1. The minimum atomic E-state index is -2.54. The lowest BCUT2D eigenvalue weighted by molar-refractivity contribution is 0.149. The van der Waals surface area contributed by atoms with Crippen molar-refractivity contribution in [1.29, 1.82) is 0 Å². The van der Waals surface area contributed by atoms with Crippen molar-refractivity contribution in [2.75, 3.05) is 5.73 Å². The predicted molar refractivity (Wildman–Crippen MR) is 68.7 cm³/mol. The molecule has 0 spiro atoms. The van der Waals surface area contributed by atoms with Crippen LogP contribution in [-0.2, 0) is 6.42 Å². The Morgan fingerprint density at radius 3 is 2.58 bits per heavy atom. The van der Waals surface area contributed by atoms with Gasteiger partial charge in [0.15, 0.2) is 0 Å². The number of hydrogen-bond acceptors (Lipinski definition) is 3. The van der Waals surface area contributed by atoms with Gasteiger partial charge in [0.25, 0.3) is 6.43 Å². The number of nitrogen functional groups attached to an aromatic ring is 1. The van der Waals surface area contributed by atoms with Crippen molar-refractivity contribution in [2.45, 2.75) is 19.0 Å². The summed E-state index contributed by atoms with van der Waals surface area (Å²) < 4.78 is 25.2. The second kappa shape index (κ2) is 5.75. The minimum Gasteiger partial charge on any atom is -0.388 e. The number of nitrogens with zero attached hydrogens (tertiary/aromatic N) is 1. The maximum atomic E-state index is 12.6. The van der Waals surface area contributed by atoms with Crippen molar-refractivity contribution >= 4 is 5.82 Å². The third-order valence-corrected chi connectivity index (χ3v) is 2.82. The number of aromatic nitrogens is 1. The Morgan fingerprint density at radius 2 is 1.89 bits per heavy atom. The van der Waals surface area contributed by atoms with Crippen LogP contribution in [0.15, 0.2) is 42.6 Å². The van der Waals surface area contributed by atoms with E-state index in [1.54, 1.807) is 24.4 Å². The highest BCUT2D eigenvalue weighted by Gasteiger charge is 2.12. The summed E-state index contributed by atoms with van der Waals surface area (Å²) in [6, 6.07) is 9.18. The van der Waals surface area contributed by atoms with Crippen LogP contribution in [0, 0.1) is 0 Å². The zero-order valence-electron chi connectivity index (χ0n) is 10.1. The van der Waals surface area contributed by atoms with Gasteiger partial charge in [0.1, 0.15) is 5.82 Å². The smallest absolute Gasteiger partial charge is 0.263 e. The van der Waals surface area contributed by atoms with Crippen LogP contribution in [0.5, 0.6) is 0 Å². The topological polar surface area (TPSA) is 59.1 Å². The molecule has 0 saturated heterocycles. The van der Waals surface area contributed by atoms with Crippen molar-refractivity contribution in [2.24, 2.45) is 0 Å². The van der Waals surface area contributed by atoms with Gasteiger partial charge in [0.05, 0.1) is 6.10 Å². The third kappa shape index (κ3) is 3.48. The fourth-order valence-electron chi connectivity index (χ4n) is 1.86. The van der Waals surface area contributed by atoms with E-state index >= 15 is 0 Å². The second-order valence-corrected chi connectivity index (χ2v) is 4.28. The van der Waals surface area contributed by atoms with Crippen molar-refractivity contribution in [3.05, 3.63) is 59.3 Å². The molecule has 0 radical (unpaired) electrons. The predicted octanol–water partition coefficient (Wildman–Crippen LogP) is 2.88. The van der Waals surface area contributed by atoms with Gasteiger partial charge in [-0.25, -0.2) is 13.8 Å². The molecule has 2 rings (SSSR count). The van der Waals surface area contributed by atoms with Gasteiger partial charge >= 0.3 is 0 Å². The van der Waals surface area contributed by atoms with Gasteiger partial charge in [-0.1, -0.05) is 18.2 Å². The molecule has 2 aromatic rings. The summed E-state index contributed by atoms with van der Waals surface area (Å²) >= 11 is 0. The molecule has 0 bridgehead atoms. The lowest BCUT2D eigenvalue weighted by Crippen LogP contribution is -2.03. The molecule has 0 fully saturated rings. The van der Waals surface area contributed by atoms with E-state index in [2.05, 4.69) is 4.98 Å². The first-order valence-electron chi connectivity index (χ1n) is 5.82. The third-order valence-electron chi connectivity index (χ3n) is 2.82. The number of rotatable bonds is 4. The Morgan fingerprint density at radius 1 is 1.16 bits per heavy atom. The number of halogens is 2. The average molecular weight is 264 g/mol. The Balaban J connectivity index is 2.15. The normalized spacial score (nSPS) is 12.6. The highest BCUT2D eigenvalue weighted by atomic mass is 19.3. The highest BCUT2D eigenvalue weighted by Crippen LogP contribution is 2.24. The lowest BCUT2D eigenvalue weighted by atomic mass is 10.0. The number of anilines is 1. The summed E-state index contributed by atoms with van der Waals surface area (Å²) in [7, 11) is 0. The molecule has 3 nitrogen and oxygen atoms in total. The maximum absolute atomic E-state index is 12.6. The SMILES string of the molecule is Nc1cc(CC(O)c2cccc(C(F)F)c2)ccn1. The van der Waals surface area contributed by atoms with E-state index in [9.17, 15) is 13.9 Å². The van der Waals surface area contributed by atoms with Gasteiger partial charge in [-0.15, -0.1) is 0 Å². The first-order valence-corrected chi connectivity index (χ1v) is 5.82. The molecule has 0 saturated carbocycles. The van der Waals surface area contributed by atoms with E-state index in [4.69, 9.17) is 5.73 Å². The number of benzene rings is 1. The van der Waals surface area contributed by atoms with Crippen molar-refractivity contribution < 1.29 is 13.9 Å². The highest BCUT2D eigenvalue weighted by molar-refractivity contribution is 5.33. The molecule has 1 heterocycles. The summed E-state index contributed by atoms with van der Waals surface area (Å²) in [5, 5.41) is 10.1. The molecule has 0 aliphatic heterocycles. The van der Waals surface area contributed by atoms with Crippen LogP contribution >= 0.6 is 0 Å². The molecule has 19 heavy (non-hydrogen) atoms. The van der Waals surface area contributed by atoms with Gasteiger partial charge in [0, 0.05) is 18.2 Å². The first kappa shape index (κ1) is 13.4. The molecule has 1 aromatic heterocycles. The van der Waals surface area contributed by atoms with Gasteiger partial charge in [-0.3, -0.25) is 0 Å². The number of hydrogen-bond donors (Lipinski definition) is 2. The van der Waals surface area contributed by atoms with Crippen LogP contribution in [0.2, 0.25) is 0 Å². The molecule has 1 aromatic carbocycles. The van der Waals surface area contributed by atoms with Crippen molar-refractivity contribution in [3.8, 4) is 0 Å². The lowest BCUT2D eigenvalue weighted by Gasteiger charge is -2.12. The van der Waals surface area contributed by atoms with E-state index in [1.807, 2.05) is 0 Å². The molecule has 0 amide bonds. The van der Waals surface area contributed by atoms with Gasteiger partial charge in [0.2, 0.25) is 0 Å². The fraction of sp³-hybridized carbons (Fsp3) is 0.214. The van der Waals surface area contributed by atoms with Crippen LogP contribution in [0.25, 0.3) is 0 Å². The van der Waals surface area contributed by atoms with Crippen molar-refractivity contribution in [3.63, 3.8) is 0 Å². The quantitative estimate of drug-likeness (QED) is 0.892. The number of aliphatic hydroxyl groups excluding tert-OH is 1. The molecule has 0 aliphatic rings. The molecular formula is C14H14F2N2O. The van der Waals surface area contributed by atoms with E-state index in [0.29, 0.717) is 17.8 Å². The summed E-state index contributed by atoms with van der Waals surface area (Å²) in [5.74, 6) is 0.367. The maximum Gasteiger partial charge on any atom is 0.263 e. The first-order chi connectivity index (χ1) is 9.06. The molecule has 1 atom stereocenters. The molecular weight excluding hydrogens is 250 g/mol. The van der Waals surface area contributed by atoms with Crippen LogP contribution < -0.4 is 5.73 Å². The Bertz CT molecular complexity index is 561. The molecule has 5 heteroatoms. The largest absolute Gasteiger partial charge is 0.388 e. The fourth-order valence-corrected chi connectivity index (χ4v) is 1.86. The van der Waals surface area contributed by atoms with E-state index < -0.39 is 12.5 Å². The van der Waals surface area contributed by atoms with Crippen LogP contribution in [0.4, 0.5) is 14.6 Å². The van der Waals surface area contributed by atoms with Gasteiger partial charge in [-0.2, -0.15) is 0 Å². The number of nitrogens with two attached hydrogens (primary N) is 1. The van der Waals surface area contributed by atoms with E-state index in [1.165, 1.54) is 18.2 Å². The molecule has 100 valence electrons. The average Bonchev–Trinajstić information content (AvgIpc) is 2.39. The van der Waals surface area contributed by atoms with E-state index in [-0.39, 0.29) is 5.56 Å². The standard InChI is InChI=1S/C14H14F2N2O/c15-14(16)11-3-1-2-10(8-11)12(19)6-9-4-5-18-13(17)7-9/h1-5,7-8,12,14,19H,6H2,(H2,17,18).